The fourth-order valence-corrected chi connectivity index (χ4v) is 1.59. The Morgan fingerprint density at radius 3 is 2.94 bits per heavy atom. The van der Waals surface area contributed by atoms with Gasteiger partial charge < -0.3 is 15.7 Å². The zero-order valence-corrected chi connectivity index (χ0v) is 9.16. The lowest BCUT2D eigenvalue weighted by Gasteiger charge is -2.23. The molecular weight excluding hydrogens is 206 g/mol. The summed E-state index contributed by atoms with van der Waals surface area (Å²) >= 11 is 0. The van der Waals surface area contributed by atoms with Gasteiger partial charge in [-0.2, -0.15) is 0 Å². The van der Waals surface area contributed by atoms with E-state index in [2.05, 4.69) is 22.2 Å². The summed E-state index contributed by atoms with van der Waals surface area (Å²) in [4.78, 5) is 15.1. The second-order valence-electron chi connectivity index (χ2n) is 4.12. The Hall–Kier alpha value is -1.78. The largest absolute Gasteiger partial charge is 0.477 e. The molecule has 3 N–H and O–H groups in total. The zero-order valence-electron chi connectivity index (χ0n) is 9.16. The highest BCUT2D eigenvalue weighted by Crippen LogP contribution is 2.34. The van der Waals surface area contributed by atoms with Crippen LogP contribution < -0.4 is 10.6 Å². The van der Waals surface area contributed by atoms with Gasteiger partial charge in [0.15, 0.2) is 6.29 Å². The number of carboxylic acid groups (broad SMARTS) is 1. The second kappa shape index (κ2) is 4.00. The van der Waals surface area contributed by atoms with E-state index in [0.29, 0.717) is 11.6 Å². The lowest BCUT2D eigenvalue weighted by molar-refractivity contribution is -0.133. The molecule has 2 aliphatic rings. The van der Waals surface area contributed by atoms with Crippen molar-refractivity contribution in [2.75, 3.05) is 0 Å². The third kappa shape index (κ3) is 2.42. The van der Waals surface area contributed by atoms with Crippen molar-refractivity contribution in [1.82, 2.24) is 10.6 Å². The van der Waals surface area contributed by atoms with Crippen LogP contribution in [0.25, 0.3) is 0 Å². The van der Waals surface area contributed by atoms with Gasteiger partial charge in [0.05, 0.1) is 0 Å². The second-order valence-corrected chi connectivity index (χ2v) is 4.12. The third-order valence-corrected chi connectivity index (χ3v) is 2.60. The highest BCUT2D eigenvalue weighted by Gasteiger charge is 2.27. The average Bonchev–Trinajstić information content (AvgIpc) is 2.99. The maximum absolute atomic E-state index is 10.8. The Labute approximate surface area is 93.9 Å². The van der Waals surface area contributed by atoms with E-state index in [-0.39, 0.29) is 5.70 Å². The van der Waals surface area contributed by atoms with Crippen LogP contribution in [0.1, 0.15) is 19.8 Å². The van der Waals surface area contributed by atoms with E-state index in [9.17, 15) is 4.79 Å². The van der Waals surface area contributed by atoms with Gasteiger partial charge in [-0.05, 0) is 31.8 Å². The van der Waals surface area contributed by atoms with E-state index in [0.717, 1.165) is 18.5 Å². The molecule has 0 saturated heterocycles. The average molecular weight is 221 g/mol. The number of nitrogens with one attached hydrogen (secondary N) is 2. The SMILES string of the molecule is C=C(N[C@H]1N=C(C)C=C(C(=O)O)N1)C1CC1. The van der Waals surface area contributed by atoms with Crippen LogP contribution in [0.2, 0.25) is 0 Å². The summed E-state index contributed by atoms with van der Waals surface area (Å²) in [5.74, 6) is -0.449. The van der Waals surface area contributed by atoms with Crippen molar-refractivity contribution in [3.63, 3.8) is 0 Å². The summed E-state index contributed by atoms with van der Waals surface area (Å²) in [6, 6.07) is 0. The molecule has 1 atom stereocenters. The van der Waals surface area contributed by atoms with Crippen LogP contribution in [0, 0.1) is 5.92 Å². The van der Waals surface area contributed by atoms with Crippen molar-refractivity contribution in [1.29, 1.82) is 0 Å². The molecule has 0 amide bonds. The van der Waals surface area contributed by atoms with Crippen LogP contribution in [0.4, 0.5) is 0 Å². The molecule has 1 aliphatic heterocycles. The Balaban J connectivity index is 1.99. The molecule has 1 saturated carbocycles. The number of aliphatic carboxylic acids is 1. The molecule has 0 aromatic carbocycles. The standard InChI is InChI=1S/C11H15N3O2/c1-6-5-9(10(15)16)14-11(12-6)13-7(2)8-3-4-8/h5,8,11,13-14H,2-4H2,1H3,(H,15,16)/t11-/m1/s1. The van der Waals surface area contributed by atoms with Crippen LogP contribution in [0.3, 0.4) is 0 Å². The minimum absolute atomic E-state index is 0.161. The van der Waals surface area contributed by atoms with E-state index in [1.165, 1.54) is 6.08 Å². The van der Waals surface area contributed by atoms with E-state index in [1.54, 1.807) is 6.92 Å². The van der Waals surface area contributed by atoms with E-state index in [1.807, 2.05) is 0 Å². The van der Waals surface area contributed by atoms with Crippen LogP contribution in [0.15, 0.2) is 29.0 Å². The van der Waals surface area contributed by atoms with Crippen LogP contribution in [-0.2, 0) is 4.79 Å². The number of nitrogens with zero attached hydrogens (tertiary/aromatic N) is 1. The Bertz CT molecular complexity index is 394. The van der Waals surface area contributed by atoms with Gasteiger partial charge in [0.1, 0.15) is 5.70 Å². The first-order valence-electron chi connectivity index (χ1n) is 5.27. The van der Waals surface area contributed by atoms with Gasteiger partial charge in [0.2, 0.25) is 0 Å². The summed E-state index contributed by atoms with van der Waals surface area (Å²) in [5.41, 5.74) is 1.78. The van der Waals surface area contributed by atoms with E-state index in [4.69, 9.17) is 5.11 Å². The van der Waals surface area contributed by atoms with Gasteiger partial charge in [-0.15, -0.1) is 0 Å². The van der Waals surface area contributed by atoms with Crippen molar-refractivity contribution in [3.05, 3.63) is 24.0 Å². The van der Waals surface area contributed by atoms with Crippen molar-refractivity contribution >= 4 is 11.7 Å². The molecule has 2 rings (SSSR count). The van der Waals surface area contributed by atoms with Crippen molar-refractivity contribution < 1.29 is 9.90 Å². The monoisotopic (exact) mass is 221 g/mol. The maximum Gasteiger partial charge on any atom is 0.352 e. The number of hydrogen-bond acceptors (Lipinski definition) is 4. The predicted molar refractivity (Wildman–Crippen MR) is 60.8 cm³/mol. The lowest BCUT2D eigenvalue weighted by Crippen LogP contribution is -2.44. The molecule has 1 fully saturated rings. The molecule has 0 radical (unpaired) electrons. The third-order valence-electron chi connectivity index (χ3n) is 2.60. The number of allylic oxidation sites excluding steroid dienone is 2. The van der Waals surface area contributed by atoms with Gasteiger partial charge in [-0.25, -0.2) is 9.79 Å². The smallest absolute Gasteiger partial charge is 0.352 e. The fourth-order valence-electron chi connectivity index (χ4n) is 1.59. The molecule has 1 aliphatic carbocycles. The normalized spacial score (nSPS) is 23.9. The van der Waals surface area contributed by atoms with Gasteiger partial charge in [-0.3, -0.25) is 0 Å². The molecule has 0 spiro atoms. The number of hydrogen-bond donors (Lipinski definition) is 3. The Morgan fingerprint density at radius 2 is 2.38 bits per heavy atom. The Morgan fingerprint density at radius 1 is 1.69 bits per heavy atom. The molecule has 5 heteroatoms. The molecule has 1 heterocycles. The van der Waals surface area contributed by atoms with E-state index < -0.39 is 12.3 Å². The quantitative estimate of drug-likeness (QED) is 0.657. The lowest BCUT2D eigenvalue weighted by atomic mass is 10.2. The van der Waals surface area contributed by atoms with E-state index >= 15 is 0 Å². The number of aliphatic imine (C=N–C) groups is 1. The maximum atomic E-state index is 10.8. The molecule has 0 bridgehead atoms. The van der Waals surface area contributed by atoms with Crippen molar-refractivity contribution in [2.45, 2.75) is 26.1 Å². The highest BCUT2D eigenvalue weighted by molar-refractivity contribution is 6.01. The van der Waals surface area contributed by atoms with Crippen molar-refractivity contribution in [2.24, 2.45) is 10.9 Å². The summed E-state index contributed by atoms with van der Waals surface area (Å²) in [6.07, 6.45) is 3.41. The van der Waals surface area contributed by atoms with Crippen LogP contribution in [-0.4, -0.2) is 23.1 Å². The summed E-state index contributed by atoms with van der Waals surface area (Å²) in [6.45, 7) is 5.69. The topological polar surface area (TPSA) is 73.7 Å². The van der Waals surface area contributed by atoms with Crippen LogP contribution >= 0.6 is 0 Å². The minimum atomic E-state index is -0.974. The number of rotatable bonds is 4. The summed E-state index contributed by atoms with van der Waals surface area (Å²) in [5, 5.41) is 14.8. The first kappa shape index (κ1) is 10.7. The van der Waals surface area contributed by atoms with Gasteiger partial charge in [-0.1, -0.05) is 6.58 Å². The molecular formula is C11H15N3O2. The van der Waals surface area contributed by atoms with Crippen molar-refractivity contribution in [3.8, 4) is 0 Å². The zero-order chi connectivity index (χ0) is 11.7. The molecule has 0 aromatic rings. The Kier molecular flexibility index (Phi) is 2.68. The molecule has 16 heavy (non-hydrogen) atoms. The molecule has 5 nitrogen and oxygen atoms in total. The fraction of sp³-hybridized carbons (Fsp3) is 0.455. The summed E-state index contributed by atoms with van der Waals surface area (Å²) < 4.78 is 0. The number of carboxylic acids is 1. The first-order chi connectivity index (χ1) is 7.56. The molecule has 86 valence electrons. The molecule has 0 aromatic heterocycles. The predicted octanol–water partition coefficient (Wildman–Crippen LogP) is 0.816. The van der Waals surface area contributed by atoms with Crippen LogP contribution in [0.5, 0.6) is 0 Å². The minimum Gasteiger partial charge on any atom is -0.477 e. The first-order valence-corrected chi connectivity index (χ1v) is 5.27. The van der Waals surface area contributed by atoms with Gasteiger partial charge >= 0.3 is 5.97 Å². The summed E-state index contributed by atoms with van der Waals surface area (Å²) in [7, 11) is 0. The van der Waals surface area contributed by atoms with Gasteiger partial charge in [0.25, 0.3) is 0 Å². The molecule has 0 unspecified atom stereocenters. The number of carbonyl (C=O) groups is 1. The van der Waals surface area contributed by atoms with Gasteiger partial charge in [0, 0.05) is 11.4 Å². The highest BCUT2D eigenvalue weighted by atomic mass is 16.4.